The Labute approximate surface area is 132 Å². The van der Waals surface area contributed by atoms with Gasteiger partial charge in [0.25, 0.3) is 0 Å². The molecule has 0 saturated carbocycles. The molecule has 108 valence electrons. The molecule has 1 atom stereocenters. The number of benzene rings is 1. The van der Waals surface area contributed by atoms with Crippen LogP contribution < -0.4 is 4.74 Å². The van der Waals surface area contributed by atoms with E-state index in [2.05, 4.69) is 40.0 Å². The van der Waals surface area contributed by atoms with E-state index in [1.807, 2.05) is 24.3 Å². The molecule has 0 saturated heterocycles. The fraction of sp³-hybridized carbons (Fsp3) is 0.467. The molecule has 0 aliphatic rings. The number of hydrogen-bond acceptors (Lipinski definition) is 4. The first-order valence-corrected chi connectivity index (χ1v) is 8.68. The second-order valence-corrected chi connectivity index (χ2v) is 6.66. The minimum Gasteiger partial charge on any atom is -0.494 e. The highest BCUT2D eigenvalue weighted by Gasteiger charge is 2.12. The maximum Gasteiger partial charge on any atom is 0.147 e. The number of alkyl halides is 1. The fourth-order valence-corrected chi connectivity index (χ4v) is 2.96. The van der Waals surface area contributed by atoms with Crippen LogP contribution in [0.2, 0.25) is 0 Å². The van der Waals surface area contributed by atoms with Gasteiger partial charge in [-0.1, -0.05) is 47.5 Å². The molecule has 3 nitrogen and oxygen atoms in total. The SMILES string of the molecule is CCCCOc1ccc(-c2nnc(C(Br)CC)s2)cc1. The second kappa shape index (κ2) is 7.74. The number of halogens is 1. The van der Waals surface area contributed by atoms with Gasteiger partial charge in [0.15, 0.2) is 0 Å². The zero-order valence-corrected chi connectivity index (χ0v) is 14.2. The second-order valence-electron chi connectivity index (χ2n) is 4.55. The molecular formula is C15H19BrN2OS. The molecule has 0 aliphatic carbocycles. The number of nitrogens with zero attached hydrogens (tertiary/aromatic N) is 2. The third-order valence-electron chi connectivity index (χ3n) is 2.93. The van der Waals surface area contributed by atoms with Gasteiger partial charge in [-0.05, 0) is 37.1 Å². The van der Waals surface area contributed by atoms with Crippen molar-refractivity contribution in [3.8, 4) is 16.3 Å². The summed E-state index contributed by atoms with van der Waals surface area (Å²) >= 11 is 5.24. The van der Waals surface area contributed by atoms with E-state index < -0.39 is 0 Å². The first-order chi connectivity index (χ1) is 9.74. The highest BCUT2D eigenvalue weighted by molar-refractivity contribution is 9.09. The summed E-state index contributed by atoms with van der Waals surface area (Å²) in [5.41, 5.74) is 1.09. The Morgan fingerprint density at radius 1 is 1.20 bits per heavy atom. The zero-order valence-electron chi connectivity index (χ0n) is 11.8. The highest BCUT2D eigenvalue weighted by atomic mass is 79.9. The summed E-state index contributed by atoms with van der Waals surface area (Å²) in [5.74, 6) is 0.916. The molecule has 0 spiro atoms. The Bertz CT molecular complexity index is 527. The Balaban J connectivity index is 2.04. The summed E-state index contributed by atoms with van der Waals surface area (Å²) in [5, 5.41) is 10.5. The lowest BCUT2D eigenvalue weighted by Crippen LogP contribution is -1.95. The van der Waals surface area contributed by atoms with Crippen LogP contribution in [0.1, 0.15) is 42.9 Å². The van der Waals surface area contributed by atoms with Gasteiger partial charge in [0.05, 0.1) is 11.4 Å². The van der Waals surface area contributed by atoms with Crippen LogP contribution in [0.3, 0.4) is 0 Å². The van der Waals surface area contributed by atoms with Gasteiger partial charge in [0.2, 0.25) is 0 Å². The van der Waals surface area contributed by atoms with Crippen molar-refractivity contribution < 1.29 is 4.74 Å². The molecule has 1 aromatic heterocycles. The van der Waals surface area contributed by atoms with Crippen LogP contribution in [-0.4, -0.2) is 16.8 Å². The van der Waals surface area contributed by atoms with Crippen LogP contribution in [0.15, 0.2) is 24.3 Å². The molecule has 0 aliphatic heterocycles. The molecule has 0 amide bonds. The van der Waals surface area contributed by atoms with Gasteiger partial charge in [-0.15, -0.1) is 10.2 Å². The molecule has 5 heteroatoms. The van der Waals surface area contributed by atoms with E-state index in [-0.39, 0.29) is 0 Å². The summed E-state index contributed by atoms with van der Waals surface area (Å²) in [6, 6.07) is 8.08. The third-order valence-corrected chi connectivity index (χ3v) is 5.41. The predicted molar refractivity (Wildman–Crippen MR) is 87.7 cm³/mol. The quantitative estimate of drug-likeness (QED) is 0.504. The molecule has 2 rings (SSSR count). The number of ether oxygens (including phenoxy) is 1. The Morgan fingerprint density at radius 3 is 2.60 bits per heavy atom. The van der Waals surface area contributed by atoms with Gasteiger partial charge < -0.3 is 4.74 Å². The zero-order chi connectivity index (χ0) is 14.4. The van der Waals surface area contributed by atoms with E-state index in [1.54, 1.807) is 11.3 Å². The van der Waals surface area contributed by atoms with Crippen LogP contribution in [-0.2, 0) is 0 Å². The number of unbranched alkanes of at least 4 members (excludes halogenated alkanes) is 1. The van der Waals surface area contributed by atoms with Gasteiger partial charge in [-0.25, -0.2) is 0 Å². The van der Waals surface area contributed by atoms with Crippen molar-refractivity contribution in [2.45, 2.75) is 37.9 Å². The monoisotopic (exact) mass is 354 g/mol. The summed E-state index contributed by atoms with van der Waals surface area (Å²) < 4.78 is 5.66. The average molecular weight is 355 g/mol. The molecule has 1 heterocycles. The Hall–Kier alpha value is -0.940. The lowest BCUT2D eigenvalue weighted by atomic mass is 10.2. The van der Waals surface area contributed by atoms with Crippen LogP contribution in [0.4, 0.5) is 0 Å². The van der Waals surface area contributed by atoms with Gasteiger partial charge in [-0.2, -0.15) is 0 Å². The molecular weight excluding hydrogens is 336 g/mol. The highest BCUT2D eigenvalue weighted by Crippen LogP contribution is 2.33. The van der Waals surface area contributed by atoms with Crippen molar-refractivity contribution >= 4 is 27.3 Å². The molecule has 20 heavy (non-hydrogen) atoms. The lowest BCUT2D eigenvalue weighted by molar-refractivity contribution is 0.309. The maximum absolute atomic E-state index is 5.66. The van der Waals surface area contributed by atoms with Crippen LogP contribution in [0.5, 0.6) is 5.75 Å². The van der Waals surface area contributed by atoms with E-state index in [1.165, 1.54) is 0 Å². The van der Waals surface area contributed by atoms with Gasteiger partial charge >= 0.3 is 0 Å². The Morgan fingerprint density at radius 2 is 1.95 bits per heavy atom. The number of hydrogen-bond donors (Lipinski definition) is 0. The summed E-state index contributed by atoms with van der Waals surface area (Å²) in [6.45, 7) is 5.07. The molecule has 0 fully saturated rings. The van der Waals surface area contributed by atoms with Gasteiger partial charge in [0, 0.05) is 5.56 Å². The average Bonchev–Trinajstić information content (AvgIpc) is 2.97. The van der Waals surface area contributed by atoms with Crippen LogP contribution in [0.25, 0.3) is 10.6 Å². The lowest BCUT2D eigenvalue weighted by Gasteiger charge is -2.05. The molecule has 2 aromatic rings. The largest absolute Gasteiger partial charge is 0.494 e. The fourth-order valence-electron chi connectivity index (χ4n) is 1.68. The van der Waals surface area contributed by atoms with Crippen molar-refractivity contribution in [3.05, 3.63) is 29.3 Å². The van der Waals surface area contributed by atoms with E-state index >= 15 is 0 Å². The van der Waals surface area contributed by atoms with E-state index in [9.17, 15) is 0 Å². The normalized spacial score (nSPS) is 12.3. The number of rotatable bonds is 7. The first-order valence-electron chi connectivity index (χ1n) is 6.95. The number of aromatic nitrogens is 2. The molecule has 1 aromatic carbocycles. The van der Waals surface area contributed by atoms with Crippen molar-refractivity contribution in [1.82, 2.24) is 10.2 Å². The summed E-state index contributed by atoms with van der Waals surface area (Å²) in [4.78, 5) is 0.297. The Kier molecular flexibility index (Phi) is 5.98. The predicted octanol–water partition coefficient (Wildman–Crippen LogP) is 5.23. The smallest absolute Gasteiger partial charge is 0.147 e. The minimum atomic E-state index is 0.297. The standard InChI is InChI=1S/C15H19BrN2OS/c1-3-5-10-19-12-8-6-11(7-9-12)14-17-18-15(20-14)13(16)4-2/h6-9,13H,3-5,10H2,1-2H3. The van der Waals surface area contributed by atoms with Crippen LogP contribution in [0, 0.1) is 0 Å². The van der Waals surface area contributed by atoms with E-state index in [4.69, 9.17) is 4.74 Å². The van der Waals surface area contributed by atoms with Gasteiger partial charge in [0.1, 0.15) is 15.8 Å². The van der Waals surface area contributed by atoms with Crippen LogP contribution >= 0.6 is 27.3 Å². The van der Waals surface area contributed by atoms with Crippen molar-refractivity contribution in [3.63, 3.8) is 0 Å². The molecule has 0 N–H and O–H groups in total. The minimum absolute atomic E-state index is 0.297. The first kappa shape index (κ1) is 15.4. The van der Waals surface area contributed by atoms with Crippen molar-refractivity contribution in [2.24, 2.45) is 0 Å². The summed E-state index contributed by atoms with van der Waals surface area (Å²) in [7, 11) is 0. The van der Waals surface area contributed by atoms with E-state index in [0.717, 1.165) is 47.2 Å². The summed E-state index contributed by atoms with van der Waals surface area (Å²) in [6.07, 6.45) is 3.25. The maximum atomic E-state index is 5.66. The van der Waals surface area contributed by atoms with Crippen molar-refractivity contribution in [1.29, 1.82) is 0 Å². The molecule has 0 radical (unpaired) electrons. The van der Waals surface area contributed by atoms with E-state index in [0.29, 0.717) is 4.83 Å². The topological polar surface area (TPSA) is 35.0 Å². The van der Waals surface area contributed by atoms with Crippen molar-refractivity contribution in [2.75, 3.05) is 6.61 Å². The third kappa shape index (κ3) is 4.03. The van der Waals surface area contributed by atoms with Gasteiger partial charge in [-0.3, -0.25) is 0 Å². The molecule has 0 bridgehead atoms. The molecule has 1 unspecified atom stereocenters.